The minimum Gasteiger partial charge on any atom is -0.493 e. The first-order valence-electron chi connectivity index (χ1n) is 10.0. The van der Waals surface area contributed by atoms with Crippen LogP contribution in [0.3, 0.4) is 0 Å². The SMILES string of the molecule is COc1cccc(CC(NC(=O)OC(C)(C)C)C(=O)O)c1OCCN1CCOCC1. The Balaban J connectivity index is 2.08. The molecule has 0 aromatic heterocycles. The van der Waals surface area contributed by atoms with E-state index in [4.69, 9.17) is 18.9 Å². The average molecular weight is 424 g/mol. The fraction of sp³-hybridized carbons (Fsp3) is 0.619. The van der Waals surface area contributed by atoms with Gasteiger partial charge in [-0.1, -0.05) is 12.1 Å². The number of ether oxygens (including phenoxy) is 4. The predicted octanol–water partition coefficient (Wildman–Crippen LogP) is 1.93. The van der Waals surface area contributed by atoms with Crippen molar-refractivity contribution in [1.29, 1.82) is 0 Å². The molecule has 9 heteroatoms. The second-order valence-electron chi connectivity index (χ2n) is 7.99. The maximum atomic E-state index is 12.1. The Labute approximate surface area is 177 Å². The van der Waals surface area contributed by atoms with E-state index in [9.17, 15) is 14.7 Å². The Kier molecular flexibility index (Phi) is 8.73. The van der Waals surface area contributed by atoms with E-state index in [1.54, 1.807) is 39.0 Å². The van der Waals surface area contributed by atoms with Gasteiger partial charge in [0.2, 0.25) is 0 Å². The number of carbonyl (C=O) groups excluding carboxylic acids is 1. The first kappa shape index (κ1) is 23.8. The lowest BCUT2D eigenvalue weighted by atomic mass is 10.0. The lowest BCUT2D eigenvalue weighted by Crippen LogP contribution is -2.44. The first-order chi connectivity index (χ1) is 14.2. The van der Waals surface area contributed by atoms with Crippen LogP contribution in [-0.4, -0.2) is 80.3 Å². The maximum absolute atomic E-state index is 12.1. The van der Waals surface area contributed by atoms with Crippen LogP contribution in [0.5, 0.6) is 11.5 Å². The Bertz CT molecular complexity index is 712. The minimum absolute atomic E-state index is 0.0265. The summed E-state index contributed by atoms with van der Waals surface area (Å²) in [5.41, 5.74) is -0.101. The van der Waals surface area contributed by atoms with Gasteiger partial charge in [0.05, 0.1) is 20.3 Å². The number of nitrogens with one attached hydrogen (secondary N) is 1. The molecule has 168 valence electrons. The van der Waals surface area contributed by atoms with Crippen LogP contribution in [0.1, 0.15) is 26.3 Å². The molecule has 1 unspecified atom stereocenters. The summed E-state index contributed by atoms with van der Waals surface area (Å²) in [6, 6.07) is 4.10. The van der Waals surface area contributed by atoms with Crippen LogP contribution in [0.4, 0.5) is 4.79 Å². The summed E-state index contributed by atoms with van der Waals surface area (Å²) in [5, 5.41) is 12.0. The van der Waals surface area contributed by atoms with Crippen LogP contribution in [0.25, 0.3) is 0 Å². The summed E-state index contributed by atoms with van der Waals surface area (Å²) >= 11 is 0. The lowest BCUT2D eigenvalue weighted by molar-refractivity contribution is -0.139. The van der Waals surface area contributed by atoms with E-state index in [0.717, 1.165) is 19.6 Å². The standard InChI is InChI=1S/C21H32N2O7/c1-21(2,3)30-20(26)22-16(19(24)25)14-15-6-5-7-17(27-4)18(15)29-13-10-23-8-11-28-12-9-23/h5-7,16H,8-14H2,1-4H3,(H,22,26)(H,24,25). The molecule has 1 aromatic rings. The largest absolute Gasteiger partial charge is 0.493 e. The first-order valence-corrected chi connectivity index (χ1v) is 10.0. The van der Waals surface area contributed by atoms with Crippen molar-refractivity contribution < 1.29 is 33.6 Å². The van der Waals surface area contributed by atoms with Gasteiger partial charge in [0, 0.05) is 31.6 Å². The monoisotopic (exact) mass is 424 g/mol. The molecule has 1 amide bonds. The molecule has 0 spiro atoms. The van der Waals surface area contributed by atoms with E-state index in [2.05, 4.69) is 10.2 Å². The Morgan fingerprint density at radius 3 is 2.57 bits per heavy atom. The molecule has 2 rings (SSSR count). The highest BCUT2D eigenvalue weighted by molar-refractivity contribution is 5.80. The molecule has 1 atom stereocenters. The summed E-state index contributed by atoms with van der Waals surface area (Å²) < 4.78 is 21.9. The highest BCUT2D eigenvalue weighted by atomic mass is 16.6. The highest BCUT2D eigenvalue weighted by Crippen LogP contribution is 2.32. The molecule has 1 aliphatic rings. The molecule has 1 saturated heterocycles. The van der Waals surface area contributed by atoms with Crippen molar-refractivity contribution in [3.05, 3.63) is 23.8 Å². The Morgan fingerprint density at radius 1 is 1.27 bits per heavy atom. The molecule has 0 bridgehead atoms. The molecule has 1 heterocycles. The molecule has 1 fully saturated rings. The van der Waals surface area contributed by atoms with Gasteiger partial charge < -0.3 is 29.4 Å². The summed E-state index contributed by atoms with van der Waals surface area (Å²) in [6.07, 6.45) is -0.758. The van der Waals surface area contributed by atoms with Crippen LogP contribution in [0.15, 0.2) is 18.2 Å². The summed E-state index contributed by atoms with van der Waals surface area (Å²) in [6.45, 7) is 9.39. The number of rotatable bonds is 9. The fourth-order valence-corrected chi connectivity index (χ4v) is 3.02. The zero-order valence-electron chi connectivity index (χ0n) is 18.1. The van der Waals surface area contributed by atoms with Gasteiger partial charge in [0.15, 0.2) is 11.5 Å². The number of hydrogen-bond donors (Lipinski definition) is 2. The normalized spacial score (nSPS) is 15.9. The smallest absolute Gasteiger partial charge is 0.408 e. The number of amides is 1. The molecule has 30 heavy (non-hydrogen) atoms. The van der Waals surface area contributed by atoms with Crippen molar-refractivity contribution in [3.8, 4) is 11.5 Å². The molecule has 9 nitrogen and oxygen atoms in total. The topological polar surface area (TPSA) is 107 Å². The van der Waals surface area contributed by atoms with Crippen molar-refractivity contribution in [1.82, 2.24) is 10.2 Å². The molecule has 1 aliphatic heterocycles. The summed E-state index contributed by atoms with van der Waals surface area (Å²) in [4.78, 5) is 26.0. The van der Waals surface area contributed by atoms with Gasteiger partial charge in [-0.25, -0.2) is 9.59 Å². The number of carbonyl (C=O) groups is 2. The van der Waals surface area contributed by atoms with Crippen LogP contribution in [-0.2, 0) is 20.7 Å². The molecular weight excluding hydrogens is 392 g/mol. The number of carboxylic acids is 1. The number of morpholine rings is 1. The van der Waals surface area contributed by atoms with Crippen molar-refractivity contribution in [2.45, 2.75) is 38.8 Å². The number of nitrogens with zero attached hydrogens (tertiary/aromatic N) is 1. The number of carboxylic acid groups (broad SMARTS) is 1. The minimum atomic E-state index is -1.17. The second kappa shape index (κ2) is 11.0. The van der Waals surface area contributed by atoms with E-state index in [0.29, 0.717) is 36.9 Å². The van der Waals surface area contributed by atoms with E-state index in [1.165, 1.54) is 7.11 Å². The molecule has 0 saturated carbocycles. The summed E-state index contributed by atoms with van der Waals surface area (Å²) in [5.74, 6) is -0.177. The lowest BCUT2D eigenvalue weighted by Gasteiger charge is -2.27. The van der Waals surface area contributed by atoms with Crippen molar-refractivity contribution in [3.63, 3.8) is 0 Å². The molecule has 2 N–H and O–H groups in total. The van der Waals surface area contributed by atoms with Crippen LogP contribution in [0.2, 0.25) is 0 Å². The van der Waals surface area contributed by atoms with Crippen LogP contribution >= 0.6 is 0 Å². The van der Waals surface area contributed by atoms with Gasteiger partial charge in [-0.15, -0.1) is 0 Å². The Hall–Kier alpha value is -2.52. The number of benzene rings is 1. The van der Waals surface area contributed by atoms with Gasteiger partial charge in [0.1, 0.15) is 18.2 Å². The van der Waals surface area contributed by atoms with E-state index >= 15 is 0 Å². The van der Waals surface area contributed by atoms with Crippen LogP contribution < -0.4 is 14.8 Å². The van der Waals surface area contributed by atoms with Gasteiger partial charge in [0.25, 0.3) is 0 Å². The van der Waals surface area contributed by atoms with Crippen molar-refractivity contribution in [2.75, 3.05) is 46.6 Å². The van der Waals surface area contributed by atoms with E-state index < -0.39 is 23.7 Å². The third-order valence-electron chi connectivity index (χ3n) is 4.45. The number of methoxy groups -OCH3 is 1. The molecule has 0 aliphatic carbocycles. The fourth-order valence-electron chi connectivity index (χ4n) is 3.02. The second-order valence-corrected chi connectivity index (χ2v) is 7.99. The van der Waals surface area contributed by atoms with Gasteiger partial charge in [-0.05, 0) is 26.8 Å². The number of aliphatic carboxylic acids is 1. The molecule has 1 aromatic carbocycles. The van der Waals surface area contributed by atoms with Gasteiger partial charge >= 0.3 is 12.1 Å². The quantitative estimate of drug-likeness (QED) is 0.619. The van der Waals surface area contributed by atoms with Crippen molar-refractivity contribution >= 4 is 12.1 Å². The third-order valence-corrected chi connectivity index (χ3v) is 4.45. The van der Waals surface area contributed by atoms with Gasteiger partial charge in [-0.2, -0.15) is 0 Å². The zero-order chi connectivity index (χ0) is 22.1. The van der Waals surface area contributed by atoms with Crippen molar-refractivity contribution in [2.24, 2.45) is 0 Å². The maximum Gasteiger partial charge on any atom is 0.408 e. The Morgan fingerprint density at radius 2 is 1.97 bits per heavy atom. The highest BCUT2D eigenvalue weighted by Gasteiger charge is 2.26. The summed E-state index contributed by atoms with van der Waals surface area (Å²) in [7, 11) is 1.53. The number of hydrogen-bond acceptors (Lipinski definition) is 7. The van der Waals surface area contributed by atoms with E-state index in [1.807, 2.05) is 0 Å². The third kappa shape index (κ3) is 7.72. The number of para-hydroxylation sites is 1. The van der Waals surface area contributed by atoms with Crippen LogP contribution in [0, 0.1) is 0 Å². The molecule has 0 radical (unpaired) electrons. The zero-order valence-corrected chi connectivity index (χ0v) is 18.1. The molecular formula is C21H32N2O7. The number of alkyl carbamates (subject to hydrolysis) is 1. The average Bonchev–Trinajstić information content (AvgIpc) is 2.67. The van der Waals surface area contributed by atoms with E-state index in [-0.39, 0.29) is 6.42 Å². The predicted molar refractivity (Wildman–Crippen MR) is 110 cm³/mol. The van der Waals surface area contributed by atoms with Gasteiger partial charge in [-0.3, -0.25) is 4.90 Å².